The van der Waals surface area contributed by atoms with Crippen LogP contribution in [0.5, 0.6) is 0 Å². The van der Waals surface area contributed by atoms with Crippen molar-refractivity contribution >= 4 is 67.6 Å². The van der Waals surface area contributed by atoms with Gasteiger partial charge in [0.25, 0.3) is 0 Å². The maximum Gasteiger partial charge on any atom is 0.103 e. The number of fused-ring (bicyclic) bond motifs is 2. The smallest absolute Gasteiger partial charge is 0.103 e. The van der Waals surface area contributed by atoms with E-state index in [-0.39, 0.29) is 0 Å². The van der Waals surface area contributed by atoms with Gasteiger partial charge in [-0.15, -0.1) is 0 Å². The molecular weight excluding hydrogens is 998 g/mol. The molecule has 0 amide bonds. The summed E-state index contributed by atoms with van der Waals surface area (Å²) in [6, 6.07) is 12.5. The molecule has 7 aliphatic rings. The van der Waals surface area contributed by atoms with Crippen LogP contribution in [-0.2, 0) is 9.47 Å². The van der Waals surface area contributed by atoms with Crippen molar-refractivity contribution in [3.8, 4) is 5.69 Å². The van der Waals surface area contributed by atoms with Crippen LogP contribution in [-0.4, -0.2) is 140 Å². The Bertz CT molecular complexity index is 2520. The summed E-state index contributed by atoms with van der Waals surface area (Å²) in [6.07, 6.45) is 26.9. The zero-order valence-corrected chi connectivity index (χ0v) is 42.7. The van der Waals surface area contributed by atoms with Gasteiger partial charge in [-0.2, -0.15) is 20.4 Å². The molecule has 4 aliphatic heterocycles. The molecule has 0 unspecified atom stereocenters. The van der Waals surface area contributed by atoms with E-state index in [4.69, 9.17) is 32.7 Å². The molecule has 0 radical (unpaired) electrons. The van der Waals surface area contributed by atoms with E-state index in [0.29, 0.717) is 42.0 Å². The molecule has 14 nitrogen and oxygen atoms in total. The lowest BCUT2D eigenvalue weighted by atomic mass is 9.88. The van der Waals surface area contributed by atoms with Crippen molar-refractivity contribution in [1.29, 1.82) is 0 Å². The first-order valence-corrected chi connectivity index (χ1v) is 26.7. The van der Waals surface area contributed by atoms with E-state index in [1.54, 1.807) is 0 Å². The molecule has 7 fully saturated rings. The van der Waals surface area contributed by atoms with Gasteiger partial charge in [0.15, 0.2) is 0 Å². The van der Waals surface area contributed by atoms with Gasteiger partial charge in [0, 0.05) is 39.1 Å². The van der Waals surface area contributed by atoms with Gasteiger partial charge in [-0.05, 0) is 174 Å². The highest BCUT2D eigenvalue weighted by atomic mass is 127. The number of likely N-dealkylation sites (tertiary alicyclic amines) is 2. The quantitative estimate of drug-likeness (QED) is 0.121. The molecule has 3 saturated carbocycles. The normalized spacial score (nSPS) is 23.4. The average Bonchev–Trinajstić information content (AvgIpc) is 4.14. The van der Waals surface area contributed by atoms with Crippen LogP contribution in [0.4, 0.5) is 0 Å². The van der Waals surface area contributed by atoms with Gasteiger partial charge < -0.3 is 20.1 Å². The van der Waals surface area contributed by atoms with E-state index in [0.717, 1.165) is 109 Å². The van der Waals surface area contributed by atoms with Crippen LogP contribution >= 0.6 is 45.8 Å². The van der Waals surface area contributed by atoms with Crippen LogP contribution in [0.15, 0.2) is 61.4 Å². The van der Waals surface area contributed by atoms with E-state index in [9.17, 15) is 0 Å². The summed E-state index contributed by atoms with van der Waals surface area (Å²) in [7, 11) is 4.11. The van der Waals surface area contributed by atoms with Crippen molar-refractivity contribution < 1.29 is 9.47 Å². The third-order valence-corrected chi connectivity index (χ3v) is 16.4. The monoisotopic (exact) mass is 1060 g/mol. The van der Waals surface area contributed by atoms with Gasteiger partial charge in [0.05, 0.1) is 96.2 Å². The largest absolute Gasteiger partial charge is 0.378 e. The number of aromatic amines is 1. The number of piperidine rings is 2. The van der Waals surface area contributed by atoms with Crippen LogP contribution in [0, 0.1) is 3.57 Å². The predicted octanol–water partition coefficient (Wildman–Crippen LogP) is 9.14. The van der Waals surface area contributed by atoms with Gasteiger partial charge in [-0.3, -0.25) is 24.3 Å². The van der Waals surface area contributed by atoms with E-state index in [2.05, 4.69) is 123 Å². The van der Waals surface area contributed by atoms with Crippen LogP contribution < -0.4 is 10.6 Å². The number of nitrogens with zero attached hydrogens (tertiary/aromatic N) is 9. The number of aromatic nitrogens is 8. The molecule has 67 heavy (non-hydrogen) atoms. The molecule has 2 aromatic carbocycles. The second-order valence-electron chi connectivity index (χ2n) is 19.7. The van der Waals surface area contributed by atoms with Crippen molar-refractivity contribution in [3.05, 3.63) is 86.2 Å². The van der Waals surface area contributed by atoms with Gasteiger partial charge in [-0.1, -0.05) is 36.0 Å². The van der Waals surface area contributed by atoms with E-state index < -0.39 is 0 Å². The number of H-pyrrole nitrogens is 1. The second-order valence-corrected chi connectivity index (χ2v) is 21.7. The molecule has 6 aromatic rings. The number of hydrogen-bond donors (Lipinski definition) is 3. The summed E-state index contributed by atoms with van der Waals surface area (Å²) in [5.41, 5.74) is 5.75. The molecule has 0 bridgehead atoms. The average molecular weight is 1070 g/mol. The summed E-state index contributed by atoms with van der Waals surface area (Å²) in [5, 5.41) is 31.0. The minimum atomic E-state index is 0.506. The minimum Gasteiger partial charge on any atom is -0.378 e. The number of ether oxygens (including phenoxy) is 2. The summed E-state index contributed by atoms with van der Waals surface area (Å²) in [6.45, 7) is 8.15. The lowest BCUT2D eigenvalue weighted by Crippen LogP contribution is -2.51. The standard InChI is InChI=1S/C21H24ClN5O.C15H18ClN3O.C8H18N2.C6H7IN2/c22-20-7-15-9-24-27(17-10-23-26(11-17)16-1-2-16)21(15)8-19(20)14-3-5-25(6-4-14)18-12-28-13-18;16-14-5-11-7-17-18-15(11)6-13(14)10-1-3-19(4-2-10)12-8-20-9-12;1-9-7-5-3-4-6-8(7)10-2;7-5-3-8-9(4-5)6-1-2-6/h7-11,14,16,18H,1-6,12-13H2;5-7,10,12H,1-4,8-9H2,(H,17,18);7-10H,3-6H2,1-2H3;3-4,6H,1-2H2/t;;7-,8-;/m..1./s1. The third-order valence-electron chi connectivity index (χ3n) is 15.2. The maximum absolute atomic E-state index is 6.70. The number of nitrogens with one attached hydrogen (secondary N) is 3. The molecule has 4 saturated heterocycles. The molecule has 8 heterocycles. The Labute approximate surface area is 418 Å². The van der Waals surface area contributed by atoms with Gasteiger partial charge >= 0.3 is 0 Å². The highest BCUT2D eigenvalue weighted by molar-refractivity contribution is 14.1. The molecule has 4 aromatic heterocycles. The molecule has 13 rings (SSSR count). The Hall–Kier alpha value is -3.13. The zero-order valence-electron chi connectivity index (χ0n) is 39.0. The summed E-state index contributed by atoms with van der Waals surface area (Å²) < 4.78 is 18.0. The Morgan fingerprint density at radius 2 is 1.13 bits per heavy atom. The fraction of sp³-hybridized carbons (Fsp3) is 0.600. The molecule has 17 heteroatoms. The molecular formula is C50H67Cl2IN12O2. The first-order chi connectivity index (χ1) is 32.8. The van der Waals surface area contributed by atoms with Crippen molar-refractivity contribution in [2.75, 3.05) is 66.7 Å². The Morgan fingerprint density at radius 3 is 1.64 bits per heavy atom. The van der Waals surface area contributed by atoms with E-state index >= 15 is 0 Å². The van der Waals surface area contributed by atoms with Crippen molar-refractivity contribution in [1.82, 2.24) is 60.0 Å². The van der Waals surface area contributed by atoms with Crippen LogP contribution in [0.1, 0.15) is 112 Å². The maximum atomic E-state index is 6.70. The van der Waals surface area contributed by atoms with Gasteiger partial charge in [0.2, 0.25) is 0 Å². The van der Waals surface area contributed by atoms with Crippen LogP contribution in [0.2, 0.25) is 10.0 Å². The molecule has 3 N–H and O–H groups in total. The Balaban J connectivity index is 0.000000116. The number of halogens is 3. The first kappa shape index (κ1) is 47.5. The molecule has 2 atom stereocenters. The van der Waals surface area contributed by atoms with Crippen LogP contribution in [0.25, 0.3) is 27.5 Å². The number of likely N-dealkylation sites (N-methyl/N-ethyl adjacent to an activating group) is 2. The zero-order chi connectivity index (χ0) is 45.9. The summed E-state index contributed by atoms with van der Waals surface area (Å²) in [4.78, 5) is 5.13. The Kier molecular flexibility index (Phi) is 15.5. The van der Waals surface area contributed by atoms with Gasteiger partial charge in [-0.25, -0.2) is 4.68 Å². The predicted molar refractivity (Wildman–Crippen MR) is 275 cm³/mol. The minimum absolute atomic E-state index is 0.506. The molecule has 0 spiro atoms. The summed E-state index contributed by atoms with van der Waals surface area (Å²) in [5.74, 6) is 1.07. The first-order valence-electron chi connectivity index (χ1n) is 24.8. The molecule has 360 valence electrons. The number of benzene rings is 2. The summed E-state index contributed by atoms with van der Waals surface area (Å²) >= 11 is 15.4. The number of rotatable bonds is 9. The van der Waals surface area contributed by atoms with Crippen molar-refractivity contribution in [2.24, 2.45) is 0 Å². The highest BCUT2D eigenvalue weighted by Gasteiger charge is 2.33. The topological polar surface area (TPSA) is 131 Å². The fourth-order valence-electron chi connectivity index (χ4n) is 10.5. The third kappa shape index (κ3) is 11.4. The fourth-order valence-corrected chi connectivity index (χ4v) is 11.6. The number of hydrogen-bond acceptors (Lipinski definition) is 10. The van der Waals surface area contributed by atoms with Crippen molar-refractivity contribution in [2.45, 2.75) is 125 Å². The SMILES string of the molecule is CN[C@@H]1CCCC[C@H]1NC.Clc1cc2cn[nH]c2cc1C1CCN(C2COC2)CC1.Clc1cc2cnn(-c3cnn(C4CC4)c3)c2cc1C1CCN(C2COC2)CC1.Ic1cnn(C2CC2)c1. The van der Waals surface area contributed by atoms with Crippen molar-refractivity contribution in [3.63, 3.8) is 0 Å². The second kappa shape index (κ2) is 21.9. The molecule has 3 aliphatic carbocycles. The van der Waals surface area contributed by atoms with Crippen LogP contribution in [0.3, 0.4) is 0 Å². The van der Waals surface area contributed by atoms with E-state index in [1.807, 2.05) is 35.5 Å². The Morgan fingerprint density at radius 1 is 0.597 bits per heavy atom. The lowest BCUT2D eigenvalue weighted by Gasteiger charge is -2.41. The van der Waals surface area contributed by atoms with Gasteiger partial charge in [0.1, 0.15) is 5.69 Å². The van der Waals surface area contributed by atoms with E-state index in [1.165, 1.54) is 78.9 Å². The lowest BCUT2D eigenvalue weighted by molar-refractivity contribution is -0.0712. The highest BCUT2D eigenvalue weighted by Crippen LogP contribution is 2.39.